The lowest BCUT2D eigenvalue weighted by Gasteiger charge is -2.11. The fourth-order valence-corrected chi connectivity index (χ4v) is 1.36. The third-order valence-corrected chi connectivity index (χ3v) is 2.26. The Hall–Kier alpha value is -1.71. The molecule has 0 fully saturated rings. The minimum Gasteiger partial charge on any atom is -0.497 e. The maximum atomic E-state index is 11.5. The molecule has 4 heteroatoms. The van der Waals surface area contributed by atoms with E-state index in [-0.39, 0.29) is 5.91 Å². The SMILES string of the molecule is CNC(=O)c1cc(OC)cc(OC)c1C. The van der Waals surface area contributed by atoms with Crippen molar-refractivity contribution in [2.45, 2.75) is 6.92 Å². The van der Waals surface area contributed by atoms with Crippen molar-refractivity contribution >= 4 is 5.91 Å². The number of carbonyl (C=O) groups is 1. The number of methoxy groups -OCH3 is 2. The van der Waals surface area contributed by atoms with Gasteiger partial charge in [-0.1, -0.05) is 0 Å². The van der Waals surface area contributed by atoms with E-state index in [0.717, 1.165) is 5.56 Å². The highest BCUT2D eigenvalue weighted by molar-refractivity contribution is 5.96. The minimum absolute atomic E-state index is 0.148. The average Bonchev–Trinajstić information content (AvgIpc) is 2.28. The number of hydrogen-bond donors (Lipinski definition) is 1. The second-order valence-corrected chi connectivity index (χ2v) is 3.08. The summed E-state index contributed by atoms with van der Waals surface area (Å²) in [5.74, 6) is 1.11. The van der Waals surface area contributed by atoms with Crippen LogP contribution in [0, 0.1) is 6.92 Å². The highest BCUT2D eigenvalue weighted by Crippen LogP contribution is 2.27. The summed E-state index contributed by atoms with van der Waals surface area (Å²) >= 11 is 0. The lowest BCUT2D eigenvalue weighted by molar-refractivity contribution is 0.0961. The third-order valence-electron chi connectivity index (χ3n) is 2.26. The van der Waals surface area contributed by atoms with Crippen LogP contribution < -0.4 is 14.8 Å². The Bertz CT molecular complexity index is 374. The van der Waals surface area contributed by atoms with E-state index in [1.165, 1.54) is 0 Å². The minimum atomic E-state index is -0.148. The molecule has 1 rings (SSSR count). The van der Waals surface area contributed by atoms with E-state index in [9.17, 15) is 4.79 Å². The number of ether oxygens (including phenoxy) is 2. The Morgan fingerprint density at radius 3 is 2.40 bits per heavy atom. The molecule has 0 radical (unpaired) electrons. The molecular formula is C11H15NO3. The zero-order chi connectivity index (χ0) is 11.4. The Morgan fingerprint density at radius 2 is 1.93 bits per heavy atom. The second kappa shape index (κ2) is 4.68. The summed E-state index contributed by atoms with van der Waals surface area (Å²) in [6.45, 7) is 1.84. The Balaban J connectivity index is 3.30. The van der Waals surface area contributed by atoms with E-state index in [1.807, 2.05) is 6.92 Å². The van der Waals surface area contributed by atoms with E-state index in [0.29, 0.717) is 17.1 Å². The van der Waals surface area contributed by atoms with E-state index in [1.54, 1.807) is 33.4 Å². The second-order valence-electron chi connectivity index (χ2n) is 3.08. The zero-order valence-electron chi connectivity index (χ0n) is 9.38. The molecule has 0 aromatic heterocycles. The maximum Gasteiger partial charge on any atom is 0.251 e. The molecule has 82 valence electrons. The zero-order valence-corrected chi connectivity index (χ0v) is 9.38. The topological polar surface area (TPSA) is 47.6 Å². The normalized spacial score (nSPS) is 9.60. The average molecular weight is 209 g/mol. The molecule has 0 aliphatic rings. The van der Waals surface area contributed by atoms with E-state index < -0.39 is 0 Å². The molecule has 0 heterocycles. The summed E-state index contributed by atoms with van der Waals surface area (Å²) in [6, 6.07) is 3.44. The van der Waals surface area contributed by atoms with Crippen molar-refractivity contribution in [3.63, 3.8) is 0 Å². The molecule has 0 bridgehead atoms. The number of rotatable bonds is 3. The monoisotopic (exact) mass is 209 g/mol. The number of nitrogens with one attached hydrogen (secondary N) is 1. The van der Waals surface area contributed by atoms with Gasteiger partial charge in [-0.25, -0.2) is 0 Å². The number of benzene rings is 1. The summed E-state index contributed by atoms with van der Waals surface area (Å²) in [7, 11) is 4.71. The molecule has 0 aliphatic heterocycles. The smallest absolute Gasteiger partial charge is 0.251 e. The first-order valence-corrected chi connectivity index (χ1v) is 4.58. The van der Waals surface area contributed by atoms with Gasteiger partial charge in [0.25, 0.3) is 5.91 Å². The van der Waals surface area contributed by atoms with Crippen molar-refractivity contribution in [1.82, 2.24) is 5.32 Å². The lowest BCUT2D eigenvalue weighted by Crippen LogP contribution is -2.19. The Labute approximate surface area is 89.2 Å². The van der Waals surface area contributed by atoms with Crippen molar-refractivity contribution in [1.29, 1.82) is 0 Å². The molecule has 0 unspecified atom stereocenters. The van der Waals surface area contributed by atoms with E-state index in [2.05, 4.69) is 5.32 Å². The van der Waals surface area contributed by atoms with E-state index >= 15 is 0 Å². The molecule has 15 heavy (non-hydrogen) atoms. The molecule has 0 aliphatic carbocycles. The van der Waals surface area contributed by atoms with Crippen LogP contribution in [-0.4, -0.2) is 27.2 Å². The lowest BCUT2D eigenvalue weighted by atomic mass is 10.1. The molecule has 0 atom stereocenters. The summed E-state index contributed by atoms with van der Waals surface area (Å²) < 4.78 is 10.2. The van der Waals surface area contributed by atoms with E-state index in [4.69, 9.17) is 9.47 Å². The first-order valence-electron chi connectivity index (χ1n) is 4.58. The van der Waals surface area contributed by atoms with Crippen LogP contribution in [0.15, 0.2) is 12.1 Å². The van der Waals surface area contributed by atoms with Crippen LogP contribution in [0.2, 0.25) is 0 Å². The standard InChI is InChI=1S/C11H15NO3/c1-7-9(11(13)12-2)5-8(14-3)6-10(7)15-4/h5-6H,1-4H3,(H,12,13). The fourth-order valence-electron chi connectivity index (χ4n) is 1.36. The number of carbonyl (C=O) groups excluding carboxylic acids is 1. The molecule has 1 aromatic rings. The van der Waals surface area contributed by atoms with Crippen LogP contribution in [0.3, 0.4) is 0 Å². The van der Waals surface area contributed by atoms with Crippen molar-refractivity contribution in [3.8, 4) is 11.5 Å². The highest BCUT2D eigenvalue weighted by Gasteiger charge is 2.13. The van der Waals surface area contributed by atoms with Gasteiger partial charge in [0.1, 0.15) is 11.5 Å². The molecule has 1 aromatic carbocycles. The van der Waals surface area contributed by atoms with Gasteiger partial charge in [-0.3, -0.25) is 4.79 Å². The summed E-state index contributed by atoms with van der Waals surface area (Å²) in [6.07, 6.45) is 0. The highest BCUT2D eigenvalue weighted by atomic mass is 16.5. The molecular weight excluding hydrogens is 194 g/mol. The molecule has 0 saturated heterocycles. The summed E-state index contributed by atoms with van der Waals surface area (Å²) in [5, 5.41) is 2.57. The van der Waals surface area contributed by atoms with Gasteiger partial charge in [0.15, 0.2) is 0 Å². The van der Waals surface area contributed by atoms with Gasteiger partial charge in [-0.2, -0.15) is 0 Å². The van der Waals surface area contributed by atoms with Gasteiger partial charge in [-0.15, -0.1) is 0 Å². The molecule has 4 nitrogen and oxygen atoms in total. The quantitative estimate of drug-likeness (QED) is 0.818. The molecule has 1 N–H and O–H groups in total. The van der Waals surface area contributed by atoms with Crippen molar-refractivity contribution in [3.05, 3.63) is 23.3 Å². The Morgan fingerprint density at radius 1 is 1.27 bits per heavy atom. The van der Waals surface area contributed by atoms with Crippen LogP contribution in [0.4, 0.5) is 0 Å². The number of amides is 1. The third kappa shape index (κ3) is 2.21. The van der Waals surface area contributed by atoms with Crippen LogP contribution in [0.1, 0.15) is 15.9 Å². The maximum absolute atomic E-state index is 11.5. The van der Waals surface area contributed by atoms with Crippen LogP contribution in [-0.2, 0) is 0 Å². The molecule has 0 spiro atoms. The van der Waals surface area contributed by atoms with Crippen LogP contribution in [0.25, 0.3) is 0 Å². The summed E-state index contributed by atoms with van der Waals surface area (Å²) in [5.41, 5.74) is 1.37. The largest absolute Gasteiger partial charge is 0.497 e. The van der Waals surface area contributed by atoms with Crippen LogP contribution >= 0.6 is 0 Å². The molecule has 0 saturated carbocycles. The molecule has 1 amide bonds. The van der Waals surface area contributed by atoms with Gasteiger partial charge < -0.3 is 14.8 Å². The first kappa shape index (κ1) is 11.4. The van der Waals surface area contributed by atoms with Crippen molar-refractivity contribution < 1.29 is 14.3 Å². The van der Waals surface area contributed by atoms with Gasteiger partial charge in [0, 0.05) is 24.2 Å². The van der Waals surface area contributed by atoms with Gasteiger partial charge in [-0.05, 0) is 13.0 Å². The van der Waals surface area contributed by atoms with Gasteiger partial charge in [0.05, 0.1) is 14.2 Å². The Kier molecular flexibility index (Phi) is 3.55. The number of hydrogen-bond acceptors (Lipinski definition) is 3. The predicted molar refractivity (Wildman–Crippen MR) is 57.7 cm³/mol. The summed E-state index contributed by atoms with van der Waals surface area (Å²) in [4.78, 5) is 11.5. The van der Waals surface area contributed by atoms with Gasteiger partial charge >= 0.3 is 0 Å². The van der Waals surface area contributed by atoms with Crippen molar-refractivity contribution in [2.24, 2.45) is 0 Å². The first-order chi connectivity index (χ1) is 7.13. The van der Waals surface area contributed by atoms with Gasteiger partial charge in [0.2, 0.25) is 0 Å². The van der Waals surface area contributed by atoms with Crippen LogP contribution in [0.5, 0.6) is 11.5 Å². The van der Waals surface area contributed by atoms with Crippen molar-refractivity contribution in [2.75, 3.05) is 21.3 Å². The predicted octanol–water partition coefficient (Wildman–Crippen LogP) is 1.37. The fraction of sp³-hybridized carbons (Fsp3) is 0.364.